The smallest absolute Gasteiger partial charge is 0.0828 e. The molecule has 17 heavy (non-hydrogen) atoms. The lowest BCUT2D eigenvalue weighted by molar-refractivity contribution is 0.0410. The molecular formula is C15H25NO. The maximum atomic E-state index is 10.4. The molecule has 2 atom stereocenters. The van der Waals surface area contributed by atoms with Crippen LogP contribution in [0.1, 0.15) is 44.9 Å². The van der Waals surface area contributed by atoms with Crippen LogP contribution in [0.5, 0.6) is 0 Å². The van der Waals surface area contributed by atoms with Crippen molar-refractivity contribution in [2.75, 3.05) is 14.1 Å². The third kappa shape index (κ3) is 2.24. The molecule has 0 saturated carbocycles. The highest BCUT2D eigenvalue weighted by Gasteiger charge is 2.45. The molecule has 0 radical (unpaired) electrons. The number of hydrogen-bond donors (Lipinski definition) is 1. The summed E-state index contributed by atoms with van der Waals surface area (Å²) in [4.78, 5) is 2.10. The molecule has 0 aliphatic heterocycles. The van der Waals surface area contributed by atoms with Crippen LogP contribution in [0.4, 0.5) is 0 Å². The van der Waals surface area contributed by atoms with Crippen molar-refractivity contribution in [3.63, 3.8) is 0 Å². The van der Waals surface area contributed by atoms with Gasteiger partial charge in [-0.3, -0.25) is 0 Å². The first-order valence-corrected chi connectivity index (χ1v) is 6.40. The van der Waals surface area contributed by atoms with Gasteiger partial charge in [0.15, 0.2) is 0 Å². The minimum Gasteiger partial charge on any atom is -0.390 e. The van der Waals surface area contributed by atoms with Crippen LogP contribution in [0, 0.1) is 0 Å². The SMILES string of the molecule is CC.CN(C)C1c2ccccc2C(C)(C)C1O. The highest BCUT2D eigenvalue weighted by atomic mass is 16.3. The van der Waals surface area contributed by atoms with E-state index in [9.17, 15) is 5.11 Å². The predicted molar refractivity (Wildman–Crippen MR) is 73.3 cm³/mol. The summed E-state index contributed by atoms with van der Waals surface area (Å²) in [6.45, 7) is 8.22. The molecule has 0 bridgehead atoms. The molecule has 1 aromatic rings. The third-order valence-electron chi connectivity index (χ3n) is 3.57. The van der Waals surface area contributed by atoms with E-state index < -0.39 is 0 Å². The molecule has 1 aliphatic rings. The Bertz CT molecular complexity index is 371. The van der Waals surface area contributed by atoms with Crippen molar-refractivity contribution in [1.29, 1.82) is 0 Å². The Kier molecular flexibility index (Phi) is 4.34. The van der Waals surface area contributed by atoms with E-state index in [-0.39, 0.29) is 17.6 Å². The summed E-state index contributed by atoms with van der Waals surface area (Å²) in [5, 5.41) is 10.4. The van der Waals surface area contributed by atoms with Crippen LogP contribution in [-0.4, -0.2) is 30.2 Å². The van der Waals surface area contributed by atoms with Gasteiger partial charge in [0.05, 0.1) is 12.1 Å². The zero-order chi connectivity index (χ0) is 13.2. The zero-order valence-electron chi connectivity index (χ0n) is 11.9. The molecule has 2 nitrogen and oxygen atoms in total. The molecule has 1 N–H and O–H groups in total. The number of rotatable bonds is 1. The van der Waals surface area contributed by atoms with Gasteiger partial charge in [-0.25, -0.2) is 0 Å². The lowest BCUT2D eigenvalue weighted by Crippen LogP contribution is -2.36. The number of fused-ring (bicyclic) bond motifs is 1. The number of hydrogen-bond acceptors (Lipinski definition) is 2. The van der Waals surface area contributed by atoms with E-state index in [0.29, 0.717) is 0 Å². The Morgan fingerprint density at radius 3 is 2.18 bits per heavy atom. The number of benzene rings is 1. The number of likely N-dealkylation sites (N-methyl/N-ethyl adjacent to an activating group) is 1. The van der Waals surface area contributed by atoms with Gasteiger partial charge in [0.2, 0.25) is 0 Å². The van der Waals surface area contributed by atoms with Crippen molar-refractivity contribution in [3.8, 4) is 0 Å². The predicted octanol–water partition coefficient (Wildman–Crippen LogP) is 2.97. The molecule has 0 fully saturated rings. The number of aliphatic hydroxyl groups is 1. The first-order chi connectivity index (χ1) is 7.96. The highest BCUT2D eigenvalue weighted by Crippen LogP contribution is 2.46. The average molecular weight is 235 g/mol. The van der Waals surface area contributed by atoms with Gasteiger partial charge >= 0.3 is 0 Å². The van der Waals surface area contributed by atoms with Gasteiger partial charge < -0.3 is 10.0 Å². The van der Waals surface area contributed by atoms with Gasteiger partial charge in [0.25, 0.3) is 0 Å². The first kappa shape index (κ1) is 14.2. The molecule has 96 valence electrons. The Hall–Kier alpha value is -0.860. The normalized spacial score (nSPS) is 25.2. The Morgan fingerprint density at radius 2 is 1.65 bits per heavy atom. The van der Waals surface area contributed by atoms with E-state index in [1.54, 1.807) is 0 Å². The number of aliphatic hydroxyl groups excluding tert-OH is 1. The van der Waals surface area contributed by atoms with Crippen molar-refractivity contribution in [2.45, 2.75) is 45.3 Å². The second kappa shape index (κ2) is 5.19. The summed E-state index contributed by atoms with van der Waals surface area (Å²) in [5.74, 6) is 0. The van der Waals surface area contributed by atoms with Crippen molar-refractivity contribution in [1.82, 2.24) is 4.90 Å². The lowest BCUT2D eigenvalue weighted by atomic mass is 9.84. The fourth-order valence-electron chi connectivity index (χ4n) is 2.63. The summed E-state index contributed by atoms with van der Waals surface area (Å²) in [6, 6.07) is 8.46. The van der Waals surface area contributed by atoms with E-state index in [1.807, 2.05) is 40.1 Å². The standard InChI is InChI=1S/C13H19NO.C2H6/c1-13(2)10-8-6-5-7-9(10)11(12(13)15)14(3)4;1-2/h5-8,11-12,15H,1-4H3;1-2H3. The van der Waals surface area contributed by atoms with Gasteiger partial charge in [0.1, 0.15) is 0 Å². The average Bonchev–Trinajstić information content (AvgIpc) is 2.51. The minimum atomic E-state index is -0.329. The lowest BCUT2D eigenvalue weighted by Gasteiger charge is -2.29. The van der Waals surface area contributed by atoms with E-state index in [2.05, 4.69) is 30.9 Å². The summed E-state index contributed by atoms with van der Waals surface area (Å²) in [6.07, 6.45) is -0.329. The molecule has 0 heterocycles. The maximum Gasteiger partial charge on any atom is 0.0828 e. The number of nitrogens with zero attached hydrogens (tertiary/aromatic N) is 1. The van der Waals surface area contributed by atoms with Crippen molar-refractivity contribution < 1.29 is 5.11 Å². The Balaban J connectivity index is 0.000000686. The Labute approximate surface area is 105 Å². The van der Waals surface area contributed by atoms with Crippen molar-refractivity contribution in [3.05, 3.63) is 35.4 Å². The summed E-state index contributed by atoms with van der Waals surface area (Å²) >= 11 is 0. The summed E-state index contributed by atoms with van der Waals surface area (Å²) in [7, 11) is 4.04. The van der Waals surface area contributed by atoms with Gasteiger partial charge in [-0.1, -0.05) is 52.0 Å². The molecular weight excluding hydrogens is 210 g/mol. The van der Waals surface area contributed by atoms with Crippen molar-refractivity contribution in [2.24, 2.45) is 0 Å². The van der Waals surface area contributed by atoms with E-state index >= 15 is 0 Å². The molecule has 2 rings (SSSR count). The van der Waals surface area contributed by atoms with Gasteiger partial charge in [-0.2, -0.15) is 0 Å². The molecule has 0 aromatic heterocycles. The molecule has 1 aliphatic carbocycles. The zero-order valence-corrected chi connectivity index (χ0v) is 11.9. The summed E-state index contributed by atoms with van der Waals surface area (Å²) < 4.78 is 0. The molecule has 0 amide bonds. The monoisotopic (exact) mass is 235 g/mol. The maximum absolute atomic E-state index is 10.4. The highest BCUT2D eigenvalue weighted by molar-refractivity contribution is 5.43. The fraction of sp³-hybridized carbons (Fsp3) is 0.600. The Morgan fingerprint density at radius 1 is 1.12 bits per heavy atom. The molecule has 0 spiro atoms. The van der Waals surface area contributed by atoms with Gasteiger partial charge in [0, 0.05) is 5.41 Å². The van der Waals surface area contributed by atoms with Crippen LogP contribution in [-0.2, 0) is 5.41 Å². The minimum absolute atomic E-state index is 0.121. The van der Waals surface area contributed by atoms with Gasteiger partial charge in [-0.15, -0.1) is 0 Å². The van der Waals surface area contributed by atoms with Gasteiger partial charge in [-0.05, 0) is 25.2 Å². The van der Waals surface area contributed by atoms with Crippen LogP contribution >= 0.6 is 0 Å². The second-order valence-electron chi connectivity index (χ2n) is 5.16. The van der Waals surface area contributed by atoms with Crippen LogP contribution in [0.3, 0.4) is 0 Å². The van der Waals surface area contributed by atoms with E-state index in [1.165, 1.54) is 11.1 Å². The van der Waals surface area contributed by atoms with E-state index in [0.717, 1.165) is 0 Å². The fourth-order valence-corrected chi connectivity index (χ4v) is 2.63. The molecule has 2 unspecified atom stereocenters. The molecule has 0 saturated heterocycles. The molecule has 2 heteroatoms. The third-order valence-corrected chi connectivity index (χ3v) is 3.57. The van der Waals surface area contributed by atoms with Crippen LogP contribution < -0.4 is 0 Å². The summed E-state index contributed by atoms with van der Waals surface area (Å²) in [5.41, 5.74) is 2.39. The topological polar surface area (TPSA) is 23.5 Å². The first-order valence-electron chi connectivity index (χ1n) is 6.40. The second-order valence-corrected chi connectivity index (χ2v) is 5.16. The van der Waals surface area contributed by atoms with Crippen molar-refractivity contribution >= 4 is 0 Å². The largest absolute Gasteiger partial charge is 0.390 e. The quantitative estimate of drug-likeness (QED) is 0.809. The van der Waals surface area contributed by atoms with E-state index in [4.69, 9.17) is 0 Å². The van der Waals surface area contributed by atoms with Crippen LogP contribution in [0.15, 0.2) is 24.3 Å². The molecule has 1 aromatic carbocycles. The van der Waals surface area contributed by atoms with Crippen LogP contribution in [0.2, 0.25) is 0 Å². The van der Waals surface area contributed by atoms with Crippen LogP contribution in [0.25, 0.3) is 0 Å².